The van der Waals surface area contributed by atoms with Gasteiger partial charge in [0, 0.05) is 30.3 Å². The van der Waals surface area contributed by atoms with Crippen LogP contribution < -0.4 is 4.74 Å². The van der Waals surface area contributed by atoms with Gasteiger partial charge in [-0.25, -0.2) is 8.42 Å². The van der Waals surface area contributed by atoms with Gasteiger partial charge in [0.05, 0.1) is 22.6 Å². The Labute approximate surface area is 163 Å². The van der Waals surface area contributed by atoms with Gasteiger partial charge in [0.1, 0.15) is 5.75 Å². The van der Waals surface area contributed by atoms with Crippen LogP contribution in [0.1, 0.15) is 19.3 Å². The van der Waals surface area contributed by atoms with Gasteiger partial charge in [-0.3, -0.25) is 4.79 Å². The van der Waals surface area contributed by atoms with E-state index in [2.05, 4.69) is 0 Å². The van der Waals surface area contributed by atoms with E-state index in [1.807, 2.05) is 0 Å². The Morgan fingerprint density at radius 3 is 2.77 bits per heavy atom. The number of hydrogen-bond donors (Lipinski definition) is 0. The van der Waals surface area contributed by atoms with E-state index >= 15 is 0 Å². The molecular weight excluding hydrogens is 401 g/mol. The highest BCUT2D eigenvalue weighted by Gasteiger charge is 2.36. The van der Waals surface area contributed by atoms with Crippen molar-refractivity contribution in [2.24, 2.45) is 0 Å². The molecule has 2 heterocycles. The number of ether oxygens (including phenoxy) is 2. The van der Waals surface area contributed by atoms with Crippen LogP contribution in [0.5, 0.6) is 5.75 Å². The first-order chi connectivity index (χ1) is 12.3. The minimum Gasteiger partial charge on any atom is -0.482 e. The van der Waals surface area contributed by atoms with E-state index in [-0.39, 0.29) is 36.2 Å². The molecule has 2 fully saturated rings. The van der Waals surface area contributed by atoms with E-state index < -0.39 is 9.84 Å². The van der Waals surface area contributed by atoms with Gasteiger partial charge < -0.3 is 14.4 Å². The minimum atomic E-state index is -3.10. The highest BCUT2D eigenvalue weighted by Crippen LogP contribution is 2.28. The fourth-order valence-electron chi connectivity index (χ4n) is 3.29. The highest BCUT2D eigenvalue weighted by molar-refractivity contribution is 7.91. The predicted octanol–water partition coefficient (Wildman–Crippen LogP) is 2.57. The number of benzene rings is 1. The van der Waals surface area contributed by atoms with Crippen LogP contribution in [0.4, 0.5) is 0 Å². The van der Waals surface area contributed by atoms with Gasteiger partial charge >= 0.3 is 0 Å². The SMILES string of the molecule is O=C(COc1cc(Cl)ccc1Cl)N(C[C@H]1CCCO1)[C@H]1CCS(=O)(=O)C1. The number of halogens is 2. The van der Waals surface area contributed by atoms with Crippen LogP contribution in [0.25, 0.3) is 0 Å². The van der Waals surface area contributed by atoms with Crippen LogP contribution in [0.15, 0.2) is 18.2 Å². The second-order valence-corrected chi connectivity index (χ2v) is 9.67. The number of rotatable bonds is 6. The smallest absolute Gasteiger partial charge is 0.260 e. The molecule has 0 spiro atoms. The molecule has 0 radical (unpaired) electrons. The molecule has 1 amide bonds. The van der Waals surface area contributed by atoms with Crippen molar-refractivity contribution < 1.29 is 22.7 Å². The third kappa shape index (κ3) is 5.03. The molecule has 9 heteroatoms. The predicted molar refractivity (Wildman–Crippen MR) is 99.7 cm³/mol. The highest BCUT2D eigenvalue weighted by atomic mass is 35.5. The van der Waals surface area contributed by atoms with Crippen molar-refractivity contribution >= 4 is 38.9 Å². The molecule has 6 nitrogen and oxygen atoms in total. The molecule has 2 aliphatic rings. The Kier molecular flexibility index (Phi) is 6.33. The van der Waals surface area contributed by atoms with Gasteiger partial charge in [0.25, 0.3) is 5.91 Å². The van der Waals surface area contributed by atoms with E-state index in [4.69, 9.17) is 32.7 Å². The average Bonchev–Trinajstić information content (AvgIpc) is 3.22. The topological polar surface area (TPSA) is 72.9 Å². The van der Waals surface area contributed by atoms with Crippen LogP contribution in [0.2, 0.25) is 10.0 Å². The molecule has 144 valence electrons. The van der Waals surface area contributed by atoms with E-state index in [0.717, 1.165) is 12.8 Å². The van der Waals surface area contributed by atoms with Crippen LogP contribution in [0.3, 0.4) is 0 Å². The molecule has 2 aliphatic heterocycles. The molecule has 0 aromatic heterocycles. The summed E-state index contributed by atoms with van der Waals surface area (Å²) in [4.78, 5) is 14.4. The van der Waals surface area contributed by atoms with Crippen LogP contribution >= 0.6 is 23.2 Å². The number of carbonyl (C=O) groups is 1. The number of nitrogens with zero attached hydrogens (tertiary/aromatic N) is 1. The summed E-state index contributed by atoms with van der Waals surface area (Å²) in [7, 11) is -3.10. The largest absolute Gasteiger partial charge is 0.482 e. The standard InChI is InChI=1S/C17H21Cl2NO5S/c18-12-3-4-15(19)16(8-12)25-10-17(21)20(9-14-2-1-6-24-14)13-5-7-26(22,23)11-13/h3-4,8,13-14H,1-2,5-7,9-11H2/t13-,14+/m0/s1. The van der Waals surface area contributed by atoms with Gasteiger partial charge in [-0.05, 0) is 31.4 Å². The quantitative estimate of drug-likeness (QED) is 0.705. The van der Waals surface area contributed by atoms with Gasteiger partial charge in [0.15, 0.2) is 16.4 Å². The second kappa shape index (κ2) is 8.33. The first kappa shape index (κ1) is 19.7. The van der Waals surface area contributed by atoms with E-state index in [0.29, 0.717) is 35.4 Å². The maximum Gasteiger partial charge on any atom is 0.260 e. The van der Waals surface area contributed by atoms with Crippen molar-refractivity contribution in [1.82, 2.24) is 4.90 Å². The summed E-state index contributed by atoms with van der Waals surface area (Å²) in [5.74, 6) is 0.138. The molecule has 0 saturated carbocycles. The van der Waals surface area contributed by atoms with E-state index in [1.54, 1.807) is 23.1 Å². The lowest BCUT2D eigenvalue weighted by atomic mass is 10.1. The van der Waals surface area contributed by atoms with Crippen molar-refractivity contribution in [3.05, 3.63) is 28.2 Å². The number of amides is 1. The second-order valence-electron chi connectivity index (χ2n) is 6.60. The molecule has 1 aromatic carbocycles. The molecule has 2 saturated heterocycles. The molecule has 0 bridgehead atoms. The van der Waals surface area contributed by atoms with E-state index in [9.17, 15) is 13.2 Å². The third-order valence-corrected chi connectivity index (χ3v) is 6.94. The first-order valence-electron chi connectivity index (χ1n) is 8.53. The summed E-state index contributed by atoms with van der Waals surface area (Å²) in [6, 6.07) is 4.43. The van der Waals surface area contributed by atoms with Crippen LogP contribution in [0, 0.1) is 0 Å². The van der Waals surface area contributed by atoms with Crippen LogP contribution in [-0.4, -0.2) is 62.6 Å². The minimum absolute atomic E-state index is 0.0105. The molecule has 26 heavy (non-hydrogen) atoms. The first-order valence-corrected chi connectivity index (χ1v) is 11.1. The molecule has 1 aromatic rings. The molecule has 0 N–H and O–H groups in total. The van der Waals surface area contributed by atoms with Gasteiger partial charge in [-0.1, -0.05) is 23.2 Å². The van der Waals surface area contributed by atoms with Crippen molar-refractivity contribution in [1.29, 1.82) is 0 Å². The Morgan fingerprint density at radius 2 is 2.12 bits per heavy atom. The summed E-state index contributed by atoms with van der Waals surface area (Å²) < 4.78 is 34.8. The van der Waals surface area contributed by atoms with Gasteiger partial charge in [-0.15, -0.1) is 0 Å². The molecular formula is C17H21Cl2NO5S. The van der Waals surface area contributed by atoms with Crippen molar-refractivity contribution in [2.45, 2.75) is 31.4 Å². The van der Waals surface area contributed by atoms with Crippen LogP contribution in [-0.2, 0) is 19.4 Å². The zero-order valence-electron chi connectivity index (χ0n) is 14.2. The maximum atomic E-state index is 12.8. The lowest BCUT2D eigenvalue weighted by Crippen LogP contribution is -2.47. The fourth-order valence-corrected chi connectivity index (χ4v) is 5.36. The lowest BCUT2D eigenvalue weighted by molar-refractivity contribution is -0.137. The average molecular weight is 422 g/mol. The lowest BCUT2D eigenvalue weighted by Gasteiger charge is -2.30. The Hall–Kier alpha value is -1.02. The monoisotopic (exact) mass is 421 g/mol. The van der Waals surface area contributed by atoms with Crippen molar-refractivity contribution in [3.8, 4) is 5.75 Å². The zero-order valence-corrected chi connectivity index (χ0v) is 16.5. The summed E-state index contributed by atoms with van der Waals surface area (Å²) in [6.45, 7) is 0.819. The fraction of sp³-hybridized carbons (Fsp3) is 0.588. The molecule has 0 aliphatic carbocycles. The summed E-state index contributed by atoms with van der Waals surface area (Å²) in [6.07, 6.45) is 2.20. The molecule has 0 unspecified atom stereocenters. The number of carbonyl (C=O) groups excluding carboxylic acids is 1. The normalized spacial score (nSPS) is 24.5. The van der Waals surface area contributed by atoms with Gasteiger partial charge in [0.2, 0.25) is 0 Å². The summed E-state index contributed by atoms with van der Waals surface area (Å²) >= 11 is 12.0. The zero-order chi connectivity index (χ0) is 18.7. The Bertz CT molecular complexity index is 764. The van der Waals surface area contributed by atoms with Gasteiger partial charge in [-0.2, -0.15) is 0 Å². The van der Waals surface area contributed by atoms with E-state index in [1.165, 1.54) is 0 Å². The Morgan fingerprint density at radius 1 is 1.31 bits per heavy atom. The Balaban J connectivity index is 1.68. The molecule has 3 rings (SSSR count). The number of hydrogen-bond acceptors (Lipinski definition) is 5. The molecule has 2 atom stereocenters. The summed E-state index contributed by atoms with van der Waals surface area (Å²) in [5.41, 5.74) is 0. The van der Waals surface area contributed by atoms with Crippen molar-refractivity contribution in [3.63, 3.8) is 0 Å². The van der Waals surface area contributed by atoms with Crippen molar-refractivity contribution in [2.75, 3.05) is 31.3 Å². The third-order valence-electron chi connectivity index (χ3n) is 4.64. The summed E-state index contributed by atoms with van der Waals surface area (Å²) in [5, 5.41) is 0.811. The maximum absolute atomic E-state index is 12.8. The number of sulfone groups is 1.